The molecule has 1 aliphatic rings. The zero-order chi connectivity index (χ0) is 14.2. The van der Waals surface area contributed by atoms with E-state index in [9.17, 15) is 23.2 Å². The molecule has 100 valence electrons. The second kappa shape index (κ2) is 4.63. The number of hydrogen-bond acceptors (Lipinski definition) is 3. The molecule has 1 atom stereocenters. The largest absolute Gasteiger partial charge is 0.481 e. The number of hydrogen-bond donors (Lipinski definition) is 2. The Morgan fingerprint density at radius 2 is 2.05 bits per heavy atom. The number of amides is 3. The van der Waals surface area contributed by atoms with Gasteiger partial charge in [-0.05, 0) is 12.1 Å². The highest BCUT2D eigenvalue weighted by atomic mass is 19.1. The minimum atomic E-state index is -1.28. The van der Waals surface area contributed by atoms with Crippen LogP contribution in [0.15, 0.2) is 18.2 Å². The molecule has 1 saturated heterocycles. The minimum Gasteiger partial charge on any atom is -0.481 e. The van der Waals surface area contributed by atoms with E-state index in [1.54, 1.807) is 0 Å². The lowest BCUT2D eigenvalue weighted by molar-refractivity contribution is -0.139. The van der Waals surface area contributed by atoms with E-state index in [1.165, 1.54) is 0 Å². The van der Waals surface area contributed by atoms with Crippen LogP contribution in [0.1, 0.15) is 6.42 Å². The summed E-state index contributed by atoms with van der Waals surface area (Å²) in [7, 11) is 0. The van der Waals surface area contributed by atoms with Crippen LogP contribution in [0.25, 0.3) is 0 Å². The lowest BCUT2D eigenvalue weighted by Gasteiger charge is -2.13. The number of benzene rings is 1. The van der Waals surface area contributed by atoms with Gasteiger partial charge in [-0.1, -0.05) is 0 Å². The molecule has 2 N–H and O–H groups in total. The smallest absolute Gasteiger partial charge is 0.329 e. The van der Waals surface area contributed by atoms with E-state index >= 15 is 0 Å². The maximum absolute atomic E-state index is 13.5. The topological polar surface area (TPSA) is 86.7 Å². The summed E-state index contributed by atoms with van der Waals surface area (Å²) in [6.45, 7) is 0. The van der Waals surface area contributed by atoms with Gasteiger partial charge in [0.15, 0.2) is 0 Å². The normalized spacial score (nSPS) is 18.6. The van der Waals surface area contributed by atoms with E-state index in [2.05, 4.69) is 5.32 Å². The second-order valence-corrected chi connectivity index (χ2v) is 3.87. The maximum atomic E-state index is 13.5. The molecule has 1 aromatic rings. The van der Waals surface area contributed by atoms with Crippen molar-refractivity contribution in [3.63, 3.8) is 0 Å². The van der Waals surface area contributed by atoms with E-state index in [4.69, 9.17) is 5.11 Å². The first kappa shape index (κ1) is 12.9. The molecule has 0 bridgehead atoms. The number of carbonyl (C=O) groups is 3. The van der Waals surface area contributed by atoms with Crippen molar-refractivity contribution >= 4 is 23.6 Å². The van der Waals surface area contributed by atoms with Gasteiger partial charge in [0, 0.05) is 6.07 Å². The maximum Gasteiger partial charge on any atom is 0.329 e. The van der Waals surface area contributed by atoms with E-state index in [-0.39, 0.29) is 0 Å². The van der Waals surface area contributed by atoms with Crippen LogP contribution in [0.4, 0.5) is 19.3 Å². The monoisotopic (exact) mass is 270 g/mol. The first-order valence-electron chi connectivity index (χ1n) is 5.21. The molecule has 1 fully saturated rings. The standard InChI is InChI=1S/C11H8F2N2O4/c12-5-1-2-8(6(13)3-5)15-10(18)7(4-9(16)17)14-11(15)19/h1-3,7H,4H2,(H,14,19)(H,16,17). The van der Waals surface area contributed by atoms with Gasteiger partial charge in [-0.25, -0.2) is 18.5 Å². The SMILES string of the molecule is O=C(O)CC1NC(=O)N(c2ccc(F)cc2F)C1=O. The molecule has 3 amide bonds. The molecule has 0 aliphatic carbocycles. The van der Waals surface area contributed by atoms with Gasteiger partial charge in [-0.2, -0.15) is 0 Å². The van der Waals surface area contributed by atoms with Crippen molar-refractivity contribution in [2.75, 3.05) is 4.90 Å². The quantitative estimate of drug-likeness (QED) is 0.798. The van der Waals surface area contributed by atoms with Crippen molar-refractivity contribution in [3.8, 4) is 0 Å². The number of carboxylic acids is 1. The fourth-order valence-electron chi connectivity index (χ4n) is 1.73. The van der Waals surface area contributed by atoms with Crippen molar-refractivity contribution < 1.29 is 28.3 Å². The van der Waals surface area contributed by atoms with Gasteiger partial charge < -0.3 is 10.4 Å². The number of rotatable bonds is 3. The predicted octanol–water partition coefficient (Wildman–Crippen LogP) is 0.864. The highest BCUT2D eigenvalue weighted by molar-refractivity contribution is 6.22. The van der Waals surface area contributed by atoms with Crippen LogP contribution in [-0.4, -0.2) is 29.1 Å². The van der Waals surface area contributed by atoms with Crippen LogP contribution in [0.3, 0.4) is 0 Å². The summed E-state index contributed by atoms with van der Waals surface area (Å²) in [5.41, 5.74) is -0.420. The average molecular weight is 270 g/mol. The van der Waals surface area contributed by atoms with E-state index in [1.807, 2.05) is 0 Å². The van der Waals surface area contributed by atoms with Gasteiger partial charge in [-0.15, -0.1) is 0 Å². The van der Waals surface area contributed by atoms with Crippen LogP contribution in [0, 0.1) is 11.6 Å². The molecule has 1 heterocycles. The number of imide groups is 1. The van der Waals surface area contributed by atoms with Crippen molar-refractivity contribution in [2.45, 2.75) is 12.5 Å². The van der Waals surface area contributed by atoms with E-state index < -0.39 is 47.7 Å². The Labute approximate surface area is 105 Å². The Balaban J connectivity index is 2.32. The van der Waals surface area contributed by atoms with Crippen LogP contribution in [0.5, 0.6) is 0 Å². The van der Waals surface area contributed by atoms with Crippen molar-refractivity contribution in [1.82, 2.24) is 5.32 Å². The van der Waals surface area contributed by atoms with Gasteiger partial charge in [-0.3, -0.25) is 9.59 Å². The van der Waals surface area contributed by atoms with Gasteiger partial charge in [0.2, 0.25) is 0 Å². The molecule has 1 aliphatic heterocycles. The molecular formula is C11H8F2N2O4. The third-order valence-electron chi connectivity index (χ3n) is 2.55. The average Bonchev–Trinajstić information content (AvgIpc) is 2.55. The molecule has 0 saturated carbocycles. The third kappa shape index (κ3) is 2.37. The van der Waals surface area contributed by atoms with Gasteiger partial charge in [0.1, 0.15) is 17.7 Å². The molecule has 0 aromatic heterocycles. The number of aliphatic carboxylic acids is 1. The van der Waals surface area contributed by atoms with Crippen molar-refractivity contribution in [1.29, 1.82) is 0 Å². The number of carbonyl (C=O) groups excluding carboxylic acids is 2. The van der Waals surface area contributed by atoms with E-state index in [0.29, 0.717) is 11.0 Å². The second-order valence-electron chi connectivity index (χ2n) is 3.87. The molecular weight excluding hydrogens is 262 g/mol. The summed E-state index contributed by atoms with van der Waals surface area (Å²) in [4.78, 5) is 34.3. The number of nitrogens with zero attached hydrogens (tertiary/aromatic N) is 1. The van der Waals surface area contributed by atoms with Crippen molar-refractivity contribution in [3.05, 3.63) is 29.8 Å². The number of nitrogens with one attached hydrogen (secondary N) is 1. The van der Waals surface area contributed by atoms with Crippen molar-refractivity contribution in [2.24, 2.45) is 0 Å². The molecule has 0 radical (unpaired) electrons. The highest BCUT2D eigenvalue weighted by Crippen LogP contribution is 2.24. The lowest BCUT2D eigenvalue weighted by Crippen LogP contribution is -2.33. The number of urea groups is 1. The molecule has 6 nitrogen and oxygen atoms in total. The van der Waals surface area contributed by atoms with Crippen LogP contribution < -0.4 is 10.2 Å². The molecule has 2 rings (SSSR count). The van der Waals surface area contributed by atoms with Crippen LogP contribution in [-0.2, 0) is 9.59 Å². The van der Waals surface area contributed by atoms with Gasteiger partial charge in [0.05, 0.1) is 12.1 Å². The van der Waals surface area contributed by atoms with Crippen LogP contribution >= 0.6 is 0 Å². The summed E-state index contributed by atoms with van der Waals surface area (Å²) in [5.74, 6) is -4.10. The molecule has 0 spiro atoms. The zero-order valence-corrected chi connectivity index (χ0v) is 9.39. The first-order chi connectivity index (χ1) is 8.90. The lowest BCUT2D eigenvalue weighted by atomic mass is 10.2. The Bertz CT molecular complexity index is 576. The summed E-state index contributed by atoms with van der Waals surface area (Å²) >= 11 is 0. The van der Waals surface area contributed by atoms with Crippen LogP contribution in [0.2, 0.25) is 0 Å². The summed E-state index contributed by atoms with van der Waals surface area (Å²) in [6.07, 6.45) is -0.607. The minimum absolute atomic E-state index is 0.420. The number of halogens is 2. The third-order valence-corrected chi connectivity index (χ3v) is 2.55. The first-order valence-corrected chi connectivity index (χ1v) is 5.21. The Hall–Kier alpha value is -2.51. The number of anilines is 1. The zero-order valence-electron chi connectivity index (χ0n) is 9.39. The molecule has 1 aromatic carbocycles. The van der Waals surface area contributed by atoms with Gasteiger partial charge >= 0.3 is 12.0 Å². The highest BCUT2D eigenvalue weighted by Gasteiger charge is 2.41. The molecule has 1 unspecified atom stereocenters. The molecule has 19 heavy (non-hydrogen) atoms. The fourth-order valence-corrected chi connectivity index (χ4v) is 1.73. The Morgan fingerprint density at radius 3 is 2.63 bits per heavy atom. The molecule has 8 heteroatoms. The number of carboxylic acid groups (broad SMARTS) is 1. The summed E-state index contributed by atoms with van der Waals surface area (Å²) in [6, 6.07) is 0.158. The Morgan fingerprint density at radius 1 is 1.37 bits per heavy atom. The van der Waals surface area contributed by atoms with Gasteiger partial charge in [0.25, 0.3) is 5.91 Å². The Kier molecular flexibility index (Phi) is 3.16. The summed E-state index contributed by atoms with van der Waals surface area (Å²) in [5, 5.41) is 10.7. The fraction of sp³-hybridized carbons (Fsp3) is 0.182. The van der Waals surface area contributed by atoms with E-state index in [0.717, 1.165) is 12.1 Å². The predicted molar refractivity (Wildman–Crippen MR) is 58.4 cm³/mol. The summed E-state index contributed by atoms with van der Waals surface area (Å²) < 4.78 is 26.3.